The van der Waals surface area contributed by atoms with Crippen molar-refractivity contribution in [2.75, 3.05) is 12.4 Å². The standard InChI is InChI=1S/C17H25NO2S/c1-4-20-16(19)17(18,14-7-8-14)11-21-15-9-5-13(6-10-15)12(2)3/h5-6,9-10,12,14H,4,7-8,11,18H2,1-3H3. The molecule has 1 unspecified atom stereocenters. The van der Waals surface area contributed by atoms with Gasteiger partial charge in [0.05, 0.1) is 6.61 Å². The maximum absolute atomic E-state index is 12.2. The molecule has 1 aliphatic carbocycles. The van der Waals surface area contributed by atoms with Crippen LogP contribution in [0.1, 0.15) is 45.1 Å². The first-order valence-electron chi connectivity index (χ1n) is 7.66. The van der Waals surface area contributed by atoms with Crippen molar-refractivity contribution < 1.29 is 9.53 Å². The minimum Gasteiger partial charge on any atom is -0.465 e. The predicted octanol–water partition coefficient (Wildman–Crippen LogP) is 3.57. The van der Waals surface area contributed by atoms with Crippen LogP contribution < -0.4 is 5.73 Å². The van der Waals surface area contributed by atoms with Gasteiger partial charge in [-0.05, 0) is 49.3 Å². The topological polar surface area (TPSA) is 52.3 Å². The molecule has 2 N–H and O–H groups in total. The SMILES string of the molecule is CCOC(=O)C(N)(CSc1ccc(C(C)C)cc1)C1CC1. The monoisotopic (exact) mass is 307 g/mol. The van der Waals surface area contributed by atoms with Gasteiger partial charge in [-0.25, -0.2) is 0 Å². The summed E-state index contributed by atoms with van der Waals surface area (Å²) in [7, 11) is 0. The van der Waals surface area contributed by atoms with Gasteiger partial charge in [0.2, 0.25) is 0 Å². The molecule has 1 fully saturated rings. The second-order valence-corrected chi connectivity index (χ2v) is 7.10. The van der Waals surface area contributed by atoms with Gasteiger partial charge in [-0.3, -0.25) is 4.79 Å². The summed E-state index contributed by atoms with van der Waals surface area (Å²) in [5.41, 5.74) is 6.85. The molecule has 0 saturated heterocycles. The third-order valence-corrected chi connectivity index (χ3v) is 5.21. The molecule has 1 saturated carbocycles. The van der Waals surface area contributed by atoms with Crippen LogP contribution in [0.2, 0.25) is 0 Å². The van der Waals surface area contributed by atoms with Gasteiger partial charge >= 0.3 is 5.97 Å². The molecule has 0 aliphatic heterocycles. The van der Waals surface area contributed by atoms with E-state index in [1.54, 1.807) is 11.8 Å². The molecule has 1 atom stereocenters. The zero-order valence-electron chi connectivity index (χ0n) is 13.1. The molecule has 0 bridgehead atoms. The number of benzene rings is 1. The Morgan fingerprint density at radius 1 is 1.38 bits per heavy atom. The van der Waals surface area contributed by atoms with Crippen LogP contribution in [0.5, 0.6) is 0 Å². The lowest BCUT2D eigenvalue weighted by Gasteiger charge is -2.26. The van der Waals surface area contributed by atoms with Gasteiger partial charge in [-0.2, -0.15) is 0 Å². The number of carbonyl (C=O) groups excluding carboxylic acids is 1. The van der Waals surface area contributed by atoms with Crippen molar-refractivity contribution in [1.82, 2.24) is 0 Å². The Morgan fingerprint density at radius 2 is 2.00 bits per heavy atom. The molecular weight excluding hydrogens is 282 g/mol. The zero-order valence-corrected chi connectivity index (χ0v) is 13.9. The van der Waals surface area contributed by atoms with Crippen molar-refractivity contribution in [1.29, 1.82) is 0 Å². The number of hydrogen-bond donors (Lipinski definition) is 1. The molecule has 0 radical (unpaired) electrons. The van der Waals surface area contributed by atoms with Gasteiger partial charge in [-0.1, -0.05) is 26.0 Å². The maximum atomic E-state index is 12.2. The molecule has 1 aliphatic rings. The van der Waals surface area contributed by atoms with Crippen LogP contribution in [0.25, 0.3) is 0 Å². The normalized spacial score (nSPS) is 17.6. The number of hydrogen-bond acceptors (Lipinski definition) is 4. The fraction of sp³-hybridized carbons (Fsp3) is 0.588. The van der Waals surface area contributed by atoms with E-state index in [2.05, 4.69) is 38.1 Å². The quantitative estimate of drug-likeness (QED) is 0.618. The lowest BCUT2D eigenvalue weighted by atomic mass is 9.97. The first-order valence-corrected chi connectivity index (χ1v) is 8.64. The molecule has 0 aromatic heterocycles. The Hall–Kier alpha value is -1.00. The van der Waals surface area contributed by atoms with Crippen molar-refractivity contribution in [2.24, 2.45) is 11.7 Å². The van der Waals surface area contributed by atoms with Crippen LogP contribution in [0.4, 0.5) is 0 Å². The first kappa shape index (κ1) is 16.4. The largest absolute Gasteiger partial charge is 0.465 e. The zero-order chi connectivity index (χ0) is 15.5. The molecule has 0 amide bonds. The van der Waals surface area contributed by atoms with E-state index in [1.165, 1.54) is 5.56 Å². The average molecular weight is 307 g/mol. The third-order valence-electron chi connectivity index (χ3n) is 3.99. The molecule has 116 valence electrons. The Morgan fingerprint density at radius 3 is 2.48 bits per heavy atom. The summed E-state index contributed by atoms with van der Waals surface area (Å²) in [6.07, 6.45) is 2.06. The second kappa shape index (κ2) is 6.84. The summed E-state index contributed by atoms with van der Waals surface area (Å²) < 4.78 is 5.17. The van der Waals surface area contributed by atoms with E-state index >= 15 is 0 Å². The fourth-order valence-corrected chi connectivity index (χ4v) is 3.45. The Kier molecular flexibility index (Phi) is 5.33. The lowest BCUT2D eigenvalue weighted by Crippen LogP contribution is -2.53. The van der Waals surface area contributed by atoms with Crippen LogP contribution in [-0.2, 0) is 9.53 Å². The number of rotatable bonds is 7. The van der Waals surface area contributed by atoms with Crippen LogP contribution in [0, 0.1) is 5.92 Å². The Labute approximate surface area is 131 Å². The van der Waals surface area contributed by atoms with Crippen LogP contribution in [0.3, 0.4) is 0 Å². The van der Waals surface area contributed by atoms with Gasteiger partial charge in [-0.15, -0.1) is 11.8 Å². The summed E-state index contributed by atoms with van der Waals surface area (Å²) in [5, 5.41) is 0. The molecule has 0 spiro atoms. The van der Waals surface area contributed by atoms with E-state index in [-0.39, 0.29) is 11.9 Å². The molecule has 4 heteroatoms. The van der Waals surface area contributed by atoms with E-state index in [0.29, 0.717) is 18.3 Å². The maximum Gasteiger partial charge on any atom is 0.327 e. The van der Waals surface area contributed by atoms with Crippen molar-refractivity contribution >= 4 is 17.7 Å². The molecule has 1 aromatic carbocycles. The molecule has 0 heterocycles. The molecular formula is C17H25NO2S. The van der Waals surface area contributed by atoms with Crippen LogP contribution in [-0.4, -0.2) is 23.9 Å². The van der Waals surface area contributed by atoms with Crippen LogP contribution in [0.15, 0.2) is 29.2 Å². The molecule has 1 aromatic rings. The van der Waals surface area contributed by atoms with E-state index in [1.807, 2.05) is 6.92 Å². The van der Waals surface area contributed by atoms with E-state index in [0.717, 1.165) is 17.7 Å². The smallest absolute Gasteiger partial charge is 0.327 e. The molecule has 2 rings (SSSR count). The summed E-state index contributed by atoms with van der Waals surface area (Å²) in [4.78, 5) is 13.3. The lowest BCUT2D eigenvalue weighted by molar-refractivity contribution is -0.149. The summed E-state index contributed by atoms with van der Waals surface area (Å²) >= 11 is 1.64. The summed E-state index contributed by atoms with van der Waals surface area (Å²) in [5.74, 6) is 1.14. The van der Waals surface area contributed by atoms with Crippen LogP contribution >= 0.6 is 11.8 Å². The summed E-state index contributed by atoms with van der Waals surface area (Å²) in [6.45, 7) is 6.57. The number of nitrogens with two attached hydrogens (primary N) is 1. The van der Waals surface area contributed by atoms with Gasteiger partial charge < -0.3 is 10.5 Å². The van der Waals surface area contributed by atoms with Crippen molar-refractivity contribution in [3.8, 4) is 0 Å². The third kappa shape index (κ3) is 4.01. The molecule has 21 heavy (non-hydrogen) atoms. The number of esters is 1. The Balaban J connectivity index is 2.00. The van der Waals surface area contributed by atoms with E-state index in [4.69, 9.17) is 10.5 Å². The second-order valence-electron chi connectivity index (χ2n) is 6.05. The highest BCUT2D eigenvalue weighted by molar-refractivity contribution is 7.99. The minimum absolute atomic E-state index is 0.251. The predicted molar refractivity (Wildman–Crippen MR) is 87.5 cm³/mol. The highest BCUT2D eigenvalue weighted by Crippen LogP contribution is 2.41. The number of thioether (sulfide) groups is 1. The first-order chi connectivity index (χ1) is 9.97. The van der Waals surface area contributed by atoms with Gasteiger partial charge in [0.15, 0.2) is 0 Å². The van der Waals surface area contributed by atoms with Crippen molar-refractivity contribution in [2.45, 2.75) is 50.0 Å². The number of carbonyl (C=O) groups is 1. The summed E-state index contributed by atoms with van der Waals surface area (Å²) in [6, 6.07) is 8.51. The van der Waals surface area contributed by atoms with Crippen molar-refractivity contribution in [3.05, 3.63) is 29.8 Å². The van der Waals surface area contributed by atoms with Gasteiger partial charge in [0, 0.05) is 10.6 Å². The number of ether oxygens (including phenoxy) is 1. The average Bonchev–Trinajstić information content (AvgIpc) is 3.30. The highest BCUT2D eigenvalue weighted by atomic mass is 32.2. The van der Waals surface area contributed by atoms with Crippen molar-refractivity contribution in [3.63, 3.8) is 0 Å². The van der Waals surface area contributed by atoms with E-state index in [9.17, 15) is 4.79 Å². The Bertz CT molecular complexity index is 482. The van der Waals surface area contributed by atoms with Gasteiger partial charge in [0.25, 0.3) is 0 Å². The highest BCUT2D eigenvalue weighted by Gasteiger charge is 2.49. The van der Waals surface area contributed by atoms with Gasteiger partial charge in [0.1, 0.15) is 5.54 Å². The van der Waals surface area contributed by atoms with E-state index < -0.39 is 5.54 Å². The molecule has 3 nitrogen and oxygen atoms in total. The minimum atomic E-state index is -0.836. The fourth-order valence-electron chi connectivity index (χ4n) is 2.36.